The Morgan fingerprint density at radius 1 is 1.47 bits per heavy atom. The number of fused-ring (bicyclic) bond motifs is 1. The Balaban J connectivity index is 2.06. The van der Waals surface area contributed by atoms with E-state index in [-0.39, 0.29) is 18.1 Å². The quantitative estimate of drug-likeness (QED) is 0.828. The molecule has 2 rings (SSSR count). The van der Waals surface area contributed by atoms with E-state index in [1.807, 2.05) is 6.07 Å². The lowest BCUT2D eigenvalue weighted by Crippen LogP contribution is -2.38. The van der Waals surface area contributed by atoms with Crippen LogP contribution < -0.4 is 10.5 Å². The average Bonchev–Trinajstić information content (AvgIpc) is 2.79. The van der Waals surface area contributed by atoms with Gasteiger partial charge in [-0.2, -0.15) is 0 Å². The highest BCUT2D eigenvalue weighted by molar-refractivity contribution is 5.40. The molecule has 0 bridgehead atoms. The normalized spacial score (nSPS) is 20.7. The van der Waals surface area contributed by atoms with Gasteiger partial charge in [0.15, 0.2) is 0 Å². The minimum atomic E-state index is -0.184. The van der Waals surface area contributed by atoms with Crippen LogP contribution in [0.15, 0.2) is 18.2 Å². The molecule has 1 aliphatic rings. The largest absolute Gasteiger partial charge is 0.490 e. The summed E-state index contributed by atoms with van der Waals surface area (Å²) in [4.78, 5) is 0. The van der Waals surface area contributed by atoms with Crippen molar-refractivity contribution in [3.05, 3.63) is 29.3 Å². The van der Waals surface area contributed by atoms with E-state index in [1.165, 1.54) is 11.1 Å². The number of aryl methyl sites for hydroxylation is 1. The average molecular weight is 263 g/mol. The molecule has 0 aliphatic carbocycles. The predicted octanol–water partition coefficient (Wildman–Crippen LogP) is 2.43. The molecule has 0 fully saturated rings. The fourth-order valence-corrected chi connectivity index (χ4v) is 3.07. The van der Waals surface area contributed by atoms with Gasteiger partial charge in [-0.05, 0) is 31.4 Å². The van der Waals surface area contributed by atoms with Gasteiger partial charge in [-0.3, -0.25) is 0 Å². The number of rotatable bonds is 6. The molecular weight excluding hydrogens is 238 g/mol. The van der Waals surface area contributed by atoms with Gasteiger partial charge in [-0.25, -0.2) is 0 Å². The molecule has 0 radical (unpaired) electrons. The highest BCUT2D eigenvalue weighted by Crippen LogP contribution is 2.36. The maximum absolute atomic E-state index is 9.69. The minimum Gasteiger partial charge on any atom is -0.490 e. The highest BCUT2D eigenvalue weighted by atomic mass is 16.5. The molecule has 0 spiro atoms. The molecular formula is C16H25NO2. The second-order valence-corrected chi connectivity index (χ2v) is 5.87. The first kappa shape index (κ1) is 14.4. The van der Waals surface area contributed by atoms with Crippen LogP contribution in [0.25, 0.3) is 0 Å². The number of benzene rings is 1. The van der Waals surface area contributed by atoms with Crippen LogP contribution in [0.4, 0.5) is 0 Å². The zero-order valence-electron chi connectivity index (χ0n) is 12.0. The summed E-state index contributed by atoms with van der Waals surface area (Å²) in [7, 11) is 0. The third kappa shape index (κ3) is 3.10. The van der Waals surface area contributed by atoms with Gasteiger partial charge in [0.2, 0.25) is 0 Å². The van der Waals surface area contributed by atoms with Gasteiger partial charge in [0.1, 0.15) is 11.9 Å². The fourth-order valence-electron chi connectivity index (χ4n) is 3.07. The van der Waals surface area contributed by atoms with Crippen LogP contribution in [0, 0.1) is 12.3 Å². The van der Waals surface area contributed by atoms with Crippen LogP contribution in [-0.4, -0.2) is 24.4 Å². The van der Waals surface area contributed by atoms with Crippen molar-refractivity contribution in [2.75, 3.05) is 13.2 Å². The van der Waals surface area contributed by atoms with Crippen LogP contribution in [0.1, 0.15) is 37.3 Å². The molecule has 3 nitrogen and oxygen atoms in total. The Bertz CT molecular complexity index is 427. The van der Waals surface area contributed by atoms with Crippen LogP contribution in [-0.2, 0) is 6.42 Å². The van der Waals surface area contributed by atoms with Crippen molar-refractivity contribution in [2.45, 2.75) is 45.6 Å². The minimum absolute atomic E-state index is 0.145. The summed E-state index contributed by atoms with van der Waals surface area (Å²) in [5.74, 6) is 0.996. The predicted molar refractivity (Wildman–Crippen MR) is 77.4 cm³/mol. The van der Waals surface area contributed by atoms with E-state index < -0.39 is 0 Å². The molecule has 1 aromatic rings. The standard InChI is InChI=1S/C16H25NO2/c1-3-6-16(10-17,11-18)9-14-8-13-7-12(2)4-5-15(13)19-14/h4-5,7,14,18H,3,6,8-11,17H2,1-2H3. The molecule has 3 N–H and O–H groups in total. The van der Waals surface area contributed by atoms with Crippen LogP contribution >= 0.6 is 0 Å². The van der Waals surface area contributed by atoms with E-state index >= 15 is 0 Å². The number of aliphatic hydroxyl groups is 1. The monoisotopic (exact) mass is 263 g/mol. The van der Waals surface area contributed by atoms with E-state index in [4.69, 9.17) is 10.5 Å². The first-order valence-electron chi connectivity index (χ1n) is 7.19. The highest BCUT2D eigenvalue weighted by Gasteiger charge is 2.34. The smallest absolute Gasteiger partial charge is 0.123 e. The summed E-state index contributed by atoms with van der Waals surface area (Å²) >= 11 is 0. The molecule has 0 saturated heterocycles. The van der Waals surface area contributed by atoms with Gasteiger partial charge in [0.25, 0.3) is 0 Å². The summed E-state index contributed by atoms with van der Waals surface area (Å²) in [6.45, 7) is 4.90. The number of aliphatic hydroxyl groups excluding tert-OH is 1. The van der Waals surface area contributed by atoms with E-state index in [0.29, 0.717) is 6.54 Å². The van der Waals surface area contributed by atoms with Crippen LogP contribution in [0.5, 0.6) is 5.75 Å². The van der Waals surface area contributed by atoms with E-state index in [0.717, 1.165) is 31.4 Å². The third-order valence-corrected chi connectivity index (χ3v) is 4.17. The fraction of sp³-hybridized carbons (Fsp3) is 0.625. The van der Waals surface area contributed by atoms with Gasteiger partial charge in [-0.15, -0.1) is 0 Å². The zero-order valence-corrected chi connectivity index (χ0v) is 12.0. The van der Waals surface area contributed by atoms with Gasteiger partial charge >= 0.3 is 0 Å². The Labute approximate surface area is 115 Å². The van der Waals surface area contributed by atoms with Gasteiger partial charge < -0.3 is 15.6 Å². The molecule has 19 heavy (non-hydrogen) atoms. The molecule has 3 heteroatoms. The summed E-state index contributed by atoms with van der Waals surface area (Å²) < 4.78 is 6.00. The Hall–Kier alpha value is -1.06. The molecule has 0 aromatic heterocycles. The molecule has 0 saturated carbocycles. The number of hydrogen-bond acceptors (Lipinski definition) is 3. The van der Waals surface area contributed by atoms with Crippen molar-refractivity contribution in [2.24, 2.45) is 11.1 Å². The van der Waals surface area contributed by atoms with Gasteiger partial charge in [-0.1, -0.05) is 31.0 Å². The van der Waals surface area contributed by atoms with E-state index in [2.05, 4.69) is 26.0 Å². The van der Waals surface area contributed by atoms with Crippen molar-refractivity contribution >= 4 is 0 Å². The first-order valence-corrected chi connectivity index (χ1v) is 7.19. The summed E-state index contributed by atoms with van der Waals surface area (Å²) in [6, 6.07) is 6.32. The van der Waals surface area contributed by atoms with Gasteiger partial charge in [0, 0.05) is 18.4 Å². The Morgan fingerprint density at radius 2 is 2.26 bits per heavy atom. The van der Waals surface area contributed by atoms with Gasteiger partial charge in [0.05, 0.1) is 6.61 Å². The van der Waals surface area contributed by atoms with Crippen molar-refractivity contribution in [3.63, 3.8) is 0 Å². The van der Waals surface area contributed by atoms with E-state index in [1.54, 1.807) is 0 Å². The number of nitrogens with two attached hydrogens (primary N) is 1. The summed E-state index contributed by atoms with van der Waals surface area (Å²) in [5.41, 5.74) is 8.26. The number of hydrogen-bond donors (Lipinski definition) is 2. The first-order chi connectivity index (χ1) is 9.12. The second kappa shape index (κ2) is 5.93. The lowest BCUT2D eigenvalue weighted by Gasteiger charge is -2.32. The molecule has 1 heterocycles. The summed E-state index contributed by atoms with van der Waals surface area (Å²) in [6.07, 6.45) is 3.91. The lowest BCUT2D eigenvalue weighted by molar-refractivity contribution is 0.0667. The zero-order chi connectivity index (χ0) is 13.9. The maximum Gasteiger partial charge on any atom is 0.123 e. The Kier molecular flexibility index (Phi) is 4.48. The van der Waals surface area contributed by atoms with E-state index in [9.17, 15) is 5.11 Å². The summed E-state index contributed by atoms with van der Waals surface area (Å²) in [5, 5.41) is 9.69. The molecule has 1 aliphatic heterocycles. The molecule has 2 unspecified atom stereocenters. The number of ether oxygens (including phenoxy) is 1. The second-order valence-electron chi connectivity index (χ2n) is 5.87. The molecule has 1 aromatic carbocycles. The van der Waals surface area contributed by atoms with Crippen molar-refractivity contribution < 1.29 is 9.84 Å². The molecule has 106 valence electrons. The van der Waals surface area contributed by atoms with Crippen molar-refractivity contribution in [1.29, 1.82) is 0 Å². The van der Waals surface area contributed by atoms with Crippen LogP contribution in [0.2, 0.25) is 0 Å². The van der Waals surface area contributed by atoms with Crippen molar-refractivity contribution in [3.8, 4) is 5.75 Å². The maximum atomic E-state index is 9.69. The molecule has 0 amide bonds. The topological polar surface area (TPSA) is 55.5 Å². The van der Waals surface area contributed by atoms with Crippen LogP contribution in [0.3, 0.4) is 0 Å². The Morgan fingerprint density at radius 3 is 2.89 bits per heavy atom. The third-order valence-electron chi connectivity index (χ3n) is 4.17. The SMILES string of the molecule is CCCC(CN)(CO)CC1Cc2cc(C)ccc2O1. The van der Waals surface area contributed by atoms with Crippen molar-refractivity contribution in [1.82, 2.24) is 0 Å². The lowest BCUT2D eigenvalue weighted by atomic mass is 9.78. The molecule has 2 atom stereocenters.